The minimum absolute atomic E-state index is 0.180. The van der Waals surface area contributed by atoms with Crippen molar-refractivity contribution in [3.05, 3.63) is 64.2 Å². The van der Waals surface area contributed by atoms with E-state index < -0.39 is 17.9 Å². The zero-order valence-corrected chi connectivity index (χ0v) is 17.1. The smallest absolute Gasteiger partial charge is 0.403 e. The van der Waals surface area contributed by atoms with Gasteiger partial charge in [0, 0.05) is 0 Å². The third-order valence-electron chi connectivity index (χ3n) is 5.82. The monoisotopic (exact) mass is 426 g/mol. The number of alkyl halides is 3. The number of halogens is 5. The van der Waals surface area contributed by atoms with Crippen molar-refractivity contribution >= 4 is 0 Å². The molecule has 1 nitrogen and oxygen atoms in total. The highest BCUT2D eigenvalue weighted by Gasteiger charge is 2.33. The summed E-state index contributed by atoms with van der Waals surface area (Å²) in [5, 5.41) is 0. The Hall–Kier alpha value is -2.11. The molecule has 1 aliphatic carbocycles. The molecule has 0 saturated carbocycles. The Labute approximate surface area is 174 Å². The van der Waals surface area contributed by atoms with Crippen molar-refractivity contribution in [1.82, 2.24) is 0 Å². The molecule has 2 aromatic carbocycles. The topological polar surface area (TPSA) is 9.23 Å². The van der Waals surface area contributed by atoms with Crippen LogP contribution in [0.2, 0.25) is 0 Å². The zero-order valence-electron chi connectivity index (χ0n) is 17.1. The molecule has 1 unspecified atom stereocenters. The molecule has 0 spiro atoms. The van der Waals surface area contributed by atoms with E-state index in [1.165, 1.54) is 0 Å². The van der Waals surface area contributed by atoms with Crippen LogP contribution in [0, 0.1) is 17.6 Å². The fourth-order valence-electron chi connectivity index (χ4n) is 4.17. The van der Waals surface area contributed by atoms with Gasteiger partial charge in [0.05, 0.1) is 0 Å². The Morgan fingerprint density at radius 3 is 2.47 bits per heavy atom. The molecule has 164 valence electrons. The number of rotatable bonds is 8. The third kappa shape index (κ3) is 6.19. The maximum atomic E-state index is 14.4. The molecule has 0 aromatic heterocycles. The van der Waals surface area contributed by atoms with Gasteiger partial charge in [-0.05, 0) is 91.3 Å². The van der Waals surface area contributed by atoms with Gasteiger partial charge in [0.1, 0.15) is 5.82 Å². The van der Waals surface area contributed by atoms with Crippen molar-refractivity contribution in [2.75, 3.05) is 0 Å². The lowest BCUT2D eigenvalue weighted by Crippen LogP contribution is -2.20. The van der Waals surface area contributed by atoms with E-state index in [0.29, 0.717) is 36.0 Å². The maximum Gasteiger partial charge on any atom is 0.573 e. The van der Waals surface area contributed by atoms with E-state index in [-0.39, 0.29) is 11.7 Å². The van der Waals surface area contributed by atoms with Crippen molar-refractivity contribution in [3.8, 4) is 5.75 Å². The lowest BCUT2D eigenvalue weighted by molar-refractivity contribution is -0.275. The predicted octanol–water partition coefficient (Wildman–Crippen LogP) is 7.33. The van der Waals surface area contributed by atoms with Crippen LogP contribution in [0.15, 0.2) is 30.3 Å². The van der Waals surface area contributed by atoms with Crippen LogP contribution in [0.25, 0.3) is 0 Å². The van der Waals surface area contributed by atoms with Crippen LogP contribution >= 0.6 is 0 Å². The fraction of sp³-hybridized carbons (Fsp3) is 0.500. The molecule has 2 aromatic rings. The average molecular weight is 426 g/mol. The molecule has 0 N–H and O–H groups in total. The molecule has 1 aliphatic rings. The second kappa shape index (κ2) is 9.80. The summed E-state index contributed by atoms with van der Waals surface area (Å²) >= 11 is 0. The Morgan fingerprint density at radius 1 is 0.967 bits per heavy atom. The van der Waals surface area contributed by atoms with Crippen molar-refractivity contribution in [3.63, 3.8) is 0 Å². The van der Waals surface area contributed by atoms with Gasteiger partial charge in [-0.2, -0.15) is 0 Å². The Balaban J connectivity index is 1.58. The number of unbranched alkanes of at least 4 members (excludes halogenated alkanes) is 2. The summed E-state index contributed by atoms with van der Waals surface area (Å²) < 4.78 is 69.4. The minimum atomic E-state index is -4.91. The van der Waals surface area contributed by atoms with Crippen LogP contribution in [0.3, 0.4) is 0 Å². The zero-order chi connectivity index (χ0) is 21.7. The summed E-state index contributed by atoms with van der Waals surface area (Å²) in [6.07, 6.45) is 2.57. The van der Waals surface area contributed by atoms with Crippen LogP contribution in [-0.4, -0.2) is 6.36 Å². The van der Waals surface area contributed by atoms with Crippen LogP contribution in [0.1, 0.15) is 61.3 Å². The van der Waals surface area contributed by atoms with Gasteiger partial charge in [0.25, 0.3) is 0 Å². The predicted molar refractivity (Wildman–Crippen MR) is 107 cm³/mol. The highest BCUT2D eigenvalue weighted by Crippen LogP contribution is 2.34. The Kier molecular flexibility index (Phi) is 7.37. The number of fused-ring (bicyclic) bond motifs is 1. The first-order valence-electron chi connectivity index (χ1n) is 10.6. The fourth-order valence-corrected chi connectivity index (χ4v) is 4.17. The summed E-state index contributed by atoms with van der Waals surface area (Å²) in [6.45, 7) is 2.14. The standard InChI is InChI=1S/C24H27F5O/c1-2-3-4-5-16-6-9-18(21(25)13-16)10-7-17-8-11-19-15-23(30-24(27,28)29)22(26)14-20(19)12-17/h6,9,13-15,17H,2-5,7-8,10-12H2,1H3. The molecule has 3 rings (SSSR count). The summed E-state index contributed by atoms with van der Waals surface area (Å²) in [6, 6.07) is 7.77. The SMILES string of the molecule is CCCCCc1ccc(CCC2CCc3cc(OC(F)(F)F)c(F)cc3C2)c(F)c1. The van der Waals surface area contributed by atoms with Crippen LogP contribution in [0.4, 0.5) is 22.0 Å². The number of ether oxygens (including phenoxy) is 1. The number of hydrogen-bond acceptors (Lipinski definition) is 1. The van der Waals surface area contributed by atoms with Gasteiger partial charge >= 0.3 is 6.36 Å². The highest BCUT2D eigenvalue weighted by molar-refractivity contribution is 5.39. The van der Waals surface area contributed by atoms with Gasteiger partial charge in [-0.15, -0.1) is 13.2 Å². The maximum absolute atomic E-state index is 14.4. The molecule has 0 fully saturated rings. The van der Waals surface area contributed by atoms with E-state index in [9.17, 15) is 22.0 Å². The largest absolute Gasteiger partial charge is 0.573 e. The van der Waals surface area contributed by atoms with E-state index in [1.807, 2.05) is 12.1 Å². The normalized spacial score (nSPS) is 16.4. The molecule has 0 heterocycles. The van der Waals surface area contributed by atoms with E-state index in [2.05, 4.69) is 11.7 Å². The molecule has 1 atom stereocenters. The third-order valence-corrected chi connectivity index (χ3v) is 5.82. The number of benzene rings is 2. The summed E-state index contributed by atoms with van der Waals surface area (Å²) in [5.74, 6) is -1.72. The van der Waals surface area contributed by atoms with E-state index in [4.69, 9.17) is 0 Å². The molecule has 0 bridgehead atoms. The van der Waals surface area contributed by atoms with Crippen LogP contribution < -0.4 is 4.74 Å². The molecule has 0 saturated heterocycles. The molecule has 0 aliphatic heterocycles. The molecule has 30 heavy (non-hydrogen) atoms. The second-order valence-corrected chi connectivity index (χ2v) is 8.13. The van der Waals surface area contributed by atoms with E-state index >= 15 is 0 Å². The van der Waals surface area contributed by atoms with E-state index in [1.54, 1.807) is 6.07 Å². The van der Waals surface area contributed by atoms with Gasteiger partial charge < -0.3 is 4.74 Å². The van der Waals surface area contributed by atoms with Crippen LogP contribution in [-0.2, 0) is 25.7 Å². The van der Waals surface area contributed by atoms with Gasteiger partial charge in [-0.3, -0.25) is 0 Å². The summed E-state index contributed by atoms with van der Waals surface area (Å²) in [4.78, 5) is 0. The molecule has 0 radical (unpaired) electrons. The van der Waals surface area contributed by atoms with Gasteiger partial charge in [-0.25, -0.2) is 8.78 Å². The quantitative estimate of drug-likeness (QED) is 0.317. The number of aryl methyl sites for hydroxylation is 3. The van der Waals surface area contributed by atoms with Gasteiger partial charge in [0.15, 0.2) is 11.6 Å². The number of hydrogen-bond donors (Lipinski definition) is 0. The van der Waals surface area contributed by atoms with E-state index in [0.717, 1.165) is 56.2 Å². The van der Waals surface area contributed by atoms with Crippen LogP contribution in [0.5, 0.6) is 5.75 Å². The second-order valence-electron chi connectivity index (χ2n) is 8.13. The van der Waals surface area contributed by atoms with Gasteiger partial charge in [0.2, 0.25) is 0 Å². The highest BCUT2D eigenvalue weighted by atomic mass is 19.4. The van der Waals surface area contributed by atoms with Crippen molar-refractivity contribution < 1.29 is 26.7 Å². The molecular weight excluding hydrogens is 399 g/mol. The lowest BCUT2D eigenvalue weighted by Gasteiger charge is -2.25. The molecule has 6 heteroatoms. The van der Waals surface area contributed by atoms with Crippen molar-refractivity contribution in [2.24, 2.45) is 5.92 Å². The van der Waals surface area contributed by atoms with Gasteiger partial charge in [-0.1, -0.05) is 31.9 Å². The average Bonchev–Trinajstić information content (AvgIpc) is 2.67. The first kappa shape index (κ1) is 22.6. The molecular formula is C24H27F5O. The van der Waals surface area contributed by atoms with Crippen molar-refractivity contribution in [2.45, 2.75) is 71.1 Å². The lowest BCUT2D eigenvalue weighted by atomic mass is 9.81. The summed E-state index contributed by atoms with van der Waals surface area (Å²) in [5.41, 5.74) is 3.10. The minimum Gasteiger partial charge on any atom is -0.403 e. The Morgan fingerprint density at radius 2 is 1.77 bits per heavy atom. The van der Waals surface area contributed by atoms with Crippen molar-refractivity contribution in [1.29, 1.82) is 0 Å². The first-order valence-corrected chi connectivity index (χ1v) is 10.6. The summed E-state index contributed by atoms with van der Waals surface area (Å²) in [7, 11) is 0. The Bertz CT molecular complexity index is 859. The molecule has 0 amide bonds. The first-order chi connectivity index (χ1) is 14.2.